The molecule has 0 aromatic heterocycles. The second-order valence-corrected chi connectivity index (χ2v) is 4.21. The first-order valence-electron chi connectivity index (χ1n) is 5.90. The maximum atomic E-state index is 5.87. The lowest BCUT2D eigenvalue weighted by atomic mass is 10.1. The summed E-state index contributed by atoms with van der Waals surface area (Å²) >= 11 is 0. The van der Waals surface area contributed by atoms with E-state index in [1.165, 1.54) is 0 Å². The van der Waals surface area contributed by atoms with Crippen molar-refractivity contribution in [1.29, 1.82) is 0 Å². The second kappa shape index (κ2) is 6.92. The molecule has 0 radical (unpaired) electrons. The van der Waals surface area contributed by atoms with Gasteiger partial charge >= 0.3 is 0 Å². The molecule has 1 aromatic carbocycles. The van der Waals surface area contributed by atoms with Gasteiger partial charge in [-0.2, -0.15) is 0 Å². The molecule has 2 atom stereocenters. The van der Waals surface area contributed by atoms with Crippen LogP contribution in [0, 0.1) is 0 Å². The highest BCUT2D eigenvalue weighted by Crippen LogP contribution is 2.14. The summed E-state index contributed by atoms with van der Waals surface area (Å²) in [6, 6.07) is 10.2. The lowest BCUT2D eigenvalue weighted by Gasteiger charge is -2.25. The SMILES string of the molecule is C=CC(NC(C)C)C(C=C)Oc1ccccc1. The number of ether oxygens (including phenoxy) is 1. The zero-order chi connectivity index (χ0) is 12.7. The lowest BCUT2D eigenvalue weighted by molar-refractivity contribution is 0.211. The Morgan fingerprint density at radius 1 is 1.12 bits per heavy atom. The first-order chi connectivity index (χ1) is 8.17. The predicted octanol–water partition coefficient (Wildman–Crippen LogP) is 3.17. The van der Waals surface area contributed by atoms with E-state index >= 15 is 0 Å². The minimum Gasteiger partial charge on any atom is -0.484 e. The molecule has 1 rings (SSSR count). The number of nitrogens with one attached hydrogen (secondary N) is 1. The van der Waals surface area contributed by atoms with E-state index in [-0.39, 0.29) is 12.1 Å². The van der Waals surface area contributed by atoms with Gasteiger partial charge in [0, 0.05) is 6.04 Å². The molecule has 1 N–H and O–H groups in total. The third-order valence-corrected chi connectivity index (χ3v) is 2.38. The van der Waals surface area contributed by atoms with Gasteiger partial charge in [0.1, 0.15) is 11.9 Å². The van der Waals surface area contributed by atoms with Gasteiger partial charge in [-0.1, -0.05) is 44.7 Å². The van der Waals surface area contributed by atoms with Crippen molar-refractivity contribution in [1.82, 2.24) is 5.32 Å². The van der Waals surface area contributed by atoms with Gasteiger partial charge in [-0.3, -0.25) is 0 Å². The Balaban J connectivity index is 2.69. The van der Waals surface area contributed by atoms with Crippen LogP contribution in [0.4, 0.5) is 0 Å². The van der Waals surface area contributed by atoms with Crippen LogP contribution in [-0.4, -0.2) is 18.2 Å². The molecule has 0 saturated carbocycles. The topological polar surface area (TPSA) is 21.3 Å². The van der Waals surface area contributed by atoms with Gasteiger partial charge in [0.05, 0.1) is 6.04 Å². The Labute approximate surface area is 104 Å². The zero-order valence-corrected chi connectivity index (χ0v) is 10.6. The van der Waals surface area contributed by atoms with E-state index in [9.17, 15) is 0 Å². The van der Waals surface area contributed by atoms with Gasteiger partial charge in [-0.15, -0.1) is 6.58 Å². The predicted molar refractivity (Wildman–Crippen MR) is 73.3 cm³/mol. The molecule has 2 nitrogen and oxygen atoms in total. The van der Waals surface area contributed by atoms with Crippen LogP contribution in [0.2, 0.25) is 0 Å². The first-order valence-corrected chi connectivity index (χ1v) is 5.90. The highest BCUT2D eigenvalue weighted by atomic mass is 16.5. The Bertz CT molecular complexity index is 345. The summed E-state index contributed by atoms with van der Waals surface area (Å²) in [5.74, 6) is 0.842. The minimum absolute atomic E-state index is 0.0627. The number of hydrogen-bond acceptors (Lipinski definition) is 2. The average molecular weight is 231 g/mol. The Kier molecular flexibility index (Phi) is 5.50. The molecule has 0 saturated heterocycles. The number of hydrogen-bond donors (Lipinski definition) is 1. The minimum atomic E-state index is -0.114. The highest BCUT2D eigenvalue weighted by molar-refractivity contribution is 5.22. The smallest absolute Gasteiger partial charge is 0.135 e. The normalized spacial score (nSPS) is 14.1. The summed E-state index contributed by atoms with van der Waals surface area (Å²) < 4.78 is 5.87. The van der Waals surface area contributed by atoms with Gasteiger partial charge in [-0.05, 0) is 18.2 Å². The van der Waals surface area contributed by atoms with E-state index in [0.717, 1.165) is 5.75 Å². The molecule has 0 amide bonds. The summed E-state index contributed by atoms with van der Waals surface area (Å²) in [5, 5.41) is 3.39. The number of benzene rings is 1. The zero-order valence-electron chi connectivity index (χ0n) is 10.6. The molecule has 0 aliphatic heterocycles. The van der Waals surface area contributed by atoms with Crippen LogP contribution in [0.1, 0.15) is 13.8 Å². The highest BCUT2D eigenvalue weighted by Gasteiger charge is 2.17. The fourth-order valence-electron chi connectivity index (χ4n) is 1.61. The van der Waals surface area contributed by atoms with Crippen LogP contribution < -0.4 is 10.1 Å². The van der Waals surface area contributed by atoms with Gasteiger partial charge in [-0.25, -0.2) is 0 Å². The van der Waals surface area contributed by atoms with Crippen molar-refractivity contribution in [2.45, 2.75) is 32.0 Å². The van der Waals surface area contributed by atoms with E-state index in [1.54, 1.807) is 6.08 Å². The summed E-state index contributed by atoms with van der Waals surface area (Å²) in [4.78, 5) is 0. The van der Waals surface area contributed by atoms with Crippen molar-refractivity contribution in [3.63, 3.8) is 0 Å². The summed E-state index contributed by atoms with van der Waals surface area (Å²) in [7, 11) is 0. The third kappa shape index (κ3) is 4.45. The van der Waals surface area contributed by atoms with E-state index in [0.29, 0.717) is 6.04 Å². The molecule has 0 spiro atoms. The number of rotatable bonds is 7. The molecule has 92 valence electrons. The van der Waals surface area contributed by atoms with E-state index < -0.39 is 0 Å². The van der Waals surface area contributed by atoms with Crippen molar-refractivity contribution < 1.29 is 4.74 Å². The fourth-order valence-corrected chi connectivity index (χ4v) is 1.61. The van der Waals surface area contributed by atoms with Crippen LogP contribution in [0.5, 0.6) is 5.75 Å². The van der Waals surface area contributed by atoms with Gasteiger partial charge < -0.3 is 10.1 Å². The maximum Gasteiger partial charge on any atom is 0.135 e. The van der Waals surface area contributed by atoms with Gasteiger partial charge in [0.25, 0.3) is 0 Å². The Hall–Kier alpha value is -1.54. The maximum absolute atomic E-state index is 5.87. The summed E-state index contributed by atoms with van der Waals surface area (Å²) in [6.07, 6.45) is 3.54. The second-order valence-electron chi connectivity index (χ2n) is 4.21. The molecule has 1 aromatic rings. The molecule has 2 heteroatoms. The average Bonchev–Trinajstić information content (AvgIpc) is 2.34. The third-order valence-electron chi connectivity index (χ3n) is 2.38. The molecule has 0 aliphatic carbocycles. The van der Waals surface area contributed by atoms with E-state index in [2.05, 4.69) is 32.3 Å². The molecule has 2 unspecified atom stereocenters. The fraction of sp³-hybridized carbons (Fsp3) is 0.333. The van der Waals surface area contributed by atoms with E-state index in [4.69, 9.17) is 4.74 Å². The monoisotopic (exact) mass is 231 g/mol. The summed E-state index contributed by atoms with van der Waals surface area (Å²) in [5.41, 5.74) is 0. The quantitative estimate of drug-likeness (QED) is 0.728. The molecular formula is C15H21NO. The Morgan fingerprint density at radius 3 is 2.24 bits per heavy atom. The van der Waals surface area contributed by atoms with Gasteiger partial charge in [0.15, 0.2) is 0 Å². The molecule has 0 heterocycles. The van der Waals surface area contributed by atoms with Crippen LogP contribution in [-0.2, 0) is 0 Å². The van der Waals surface area contributed by atoms with Crippen LogP contribution in [0.15, 0.2) is 55.6 Å². The summed E-state index contributed by atoms with van der Waals surface area (Å²) in [6.45, 7) is 11.8. The van der Waals surface area contributed by atoms with Crippen molar-refractivity contribution in [2.75, 3.05) is 0 Å². The van der Waals surface area contributed by atoms with E-state index in [1.807, 2.05) is 36.4 Å². The largest absolute Gasteiger partial charge is 0.484 e. The van der Waals surface area contributed by atoms with Crippen LogP contribution in [0.25, 0.3) is 0 Å². The molecule has 0 bridgehead atoms. The standard InChI is InChI=1S/C15H21NO/c1-5-14(16-12(3)4)15(6-2)17-13-10-8-7-9-11-13/h5-12,14-16H,1-2H2,3-4H3. The van der Waals surface area contributed by atoms with Crippen LogP contribution in [0.3, 0.4) is 0 Å². The molecular weight excluding hydrogens is 210 g/mol. The lowest BCUT2D eigenvalue weighted by Crippen LogP contribution is -2.43. The number of para-hydroxylation sites is 1. The Morgan fingerprint density at radius 2 is 1.76 bits per heavy atom. The van der Waals surface area contributed by atoms with Crippen LogP contribution >= 0.6 is 0 Å². The molecule has 17 heavy (non-hydrogen) atoms. The first kappa shape index (κ1) is 13.5. The molecule has 0 aliphatic rings. The van der Waals surface area contributed by atoms with Crippen molar-refractivity contribution in [3.05, 3.63) is 55.6 Å². The van der Waals surface area contributed by atoms with Crippen molar-refractivity contribution in [2.24, 2.45) is 0 Å². The molecule has 0 fully saturated rings. The van der Waals surface area contributed by atoms with Crippen molar-refractivity contribution in [3.8, 4) is 5.75 Å². The van der Waals surface area contributed by atoms with Gasteiger partial charge in [0.2, 0.25) is 0 Å². The van der Waals surface area contributed by atoms with Crippen molar-refractivity contribution >= 4 is 0 Å².